The average Bonchev–Trinajstić information content (AvgIpc) is 2.18. The maximum Gasteiger partial charge on any atom is 0.0744 e. The summed E-state index contributed by atoms with van der Waals surface area (Å²) >= 11 is 0. The highest BCUT2D eigenvalue weighted by Gasteiger charge is 2.54. The van der Waals surface area contributed by atoms with Crippen molar-refractivity contribution in [2.45, 2.75) is 107 Å². The molecule has 0 radical (unpaired) electrons. The van der Waals surface area contributed by atoms with E-state index in [9.17, 15) is 10.2 Å². The number of rotatable bonds is 3. The van der Waals surface area contributed by atoms with Gasteiger partial charge in [0.25, 0.3) is 0 Å². The normalized spacial score (nSPS) is 16.1. The van der Waals surface area contributed by atoms with Gasteiger partial charge in [0.1, 0.15) is 0 Å². The van der Waals surface area contributed by atoms with Gasteiger partial charge in [0.05, 0.1) is 11.2 Å². The summed E-state index contributed by atoms with van der Waals surface area (Å²) in [4.78, 5) is 0. The molecule has 22 heavy (non-hydrogen) atoms. The van der Waals surface area contributed by atoms with Gasteiger partial charge in [-0.1, -0.05) is 83.1 Å². The van der Waals surface area contributed by atoms with Crippen LogP contribution in [0.3, 0.4) is 0 Å². The quantitative estimate of drug-likeness (QED) is 0.731. The van der Waals surface area contributed by atoms with E-state index < -0.39 is 11.2 Å². The van der Waals surface area contributed by atoms with Crippen molar-refractivity contribution in [3.8, 4) is 0 Å². The van der Waals surface area contributed by atoms with Crippen molar-refractivity contribution in [1.29, 1.82) is 0 Å². The first-order chi connectivity index (χ1) is 9.21. The molecule has 0 aromatic carbocycles. The Morgan fingerprint density at radius 2 is 0.545 bits per heavy atom. The molecule has 0 saturated heterocycles. The lowest BCUT2D eigenvalue weighted by atomic mass is 9.55. The molecule has 0 amide bonds. The monoisotopic (exact) mass is 314 g/mol. The highest BCUT2D eigenvalue weighted by Crippen LogP contribution is 2.52. The van der Waals surface area contributed by atoms with E-state index in [1.165, 1.54) is 0 Å². The van der Waals surface area contributed by atoms with Gasteiger partial charge in [-0.3, -0.25) is 0 Å². The molecule has 0 aliphatic rings. The maximum absolute atomic E-state index is 11.5. The summed E-state index contributed by atoms with van der Waals surface area (Å²) in [6.45, 7) is 25.1. The summed E-state index contributed by atoms with van der Waals surface area (Å²) in [5, 5.41) is 22.9. The SMILES string of the molecule is CC(C)(C)C(O)(CCC(O)(C(C)(C)C)C(C)(C)C)C(C)(C)C. The van der Waals surface area contributed by atoms with E-state index in [-0.39, 0.29) is 21.7 Å². The van der Waals surface area contributed by atoms with Crippen molar-refractivity contribution >= 4 is 0 Å². The van der Waals surface area contributed by atoms with Crippen LogP contribution in [0.4, 0.5) is 0 Å². The van der Waals surface area contributed by atoms with Gasteiger partial charge in [0.2, 0.25) is 0 Å². The molecule has 0 heterocycles. The lowest BCUT2D eigenvalue weighted by Crippen LogP contribution is -2.58. The molecule has 2 N–H and O–H groups in total. The Hall–Kier alpha value is -0.0800. The zero-order chi connectivity index (χ0) is 18.4. The number of hydrogen-bond acceptors (Lipinski definition) is 2. The predicted octanol–water partition coefficient (Wildman–Crippen LogP) is 5.41. The van der Waals surface area contributed by atoms with Crippen molar-refractivity contribution in [3.63, 3.8) is 0 Å². The Balaban J connectivity index is 5.72. The van der Waals surface area contributed by atoms with E-state index in [0.717, 1.165) is 0 Å². The minimum Gasteiger partial charge on any atom is -0.389 e. The minimum atomic E-state index is -0.843. The standard InChI is InChI=1S/C20H42O2/c1-15(2,3)19(21,16(4,5)6)13-14-20(22,17(7,8)9)18(10,11)12/h21-22H,13-14H2,1-12H3. The van der Waals surface area contributed by atoms with Crippen LogP contribution in [0.25, 0.3) is 0 Å². The first-order valence-electron chi connectivity index (χ1n) is 8.65. The van der Waals surface area contributed by atoms with Crippen molar-refractivity contribution in [2.24, 2.45) is 21.7 Å². The van der Waals surface area contributed by atoms with Gasteiger partial charge in [-0.05, 0) is 34.5 Å². The van der Waals surface area contributed by atoms with E-state index >= 15 is 0 Å². The van der Waals surface area contributed by atoms with Gasteiger partial charge in [-0.25, -0.2) is 0 Å². The third-order valence-electron chi connectivity index (χ3n) is 5.81. The van der Waals surface area contributed by atoms with E-state index in [4.69, 9.17) is 0 Å². The largest absolute Gasteiger partial charge is 0.389 e. The second kappa shape index (κ2) is 5.77. The molecule has 0 aliphatic carbocycles. The average molecular weight is 315 g/mol. The molecule has 134 valence electrons. The van der Waals surface area contributed by atoms with Crippen LogP contribution < -0.4 is 0 Å². The second-order valence-electron chi connectivity index (χ2n) is 11.2. The lowest BCUT2D eigenvalue weighted by Gasteiger charge is -2.54. The van der Waals surface area contributed by atoms with Crippen LogP contribution in [-0.4, -0.2) is 21.4 Å². The molecule has 0 saturated carbocycles. The number of hydrogen-bond donors (Lipinski definition) is 2. The molecule has 0 atom stereocenters. The van der Waals surface area contributed by atoms with Crippen LogP contribution in [0.5, 0.6) is 0 Å². The molecule has 0 aromatic heterocycles. The van der Waals surface area contributed by atoms with Crippen molar-refractivity contribution in [2.75, 3.05) is 0 Å². The van der Waals surface area contributed by atoms with E-state index in [1.54, 1.807) is 0 Å². The molecule has 0 bridgehead atoms. The first-order valence-corrected chi connectivity index (χ1v) is 8.65. The van der Waals surface area contributed by atoms with E-state index in [1.807, 2.05) is 0 Å². The first kappa shape index (κ1) is 21.9. The molecular weight excluding hydrogens is 272 g/mol. The van der Waals surface area contributed by atoms with Crippen molar-refractivity contribution in [1.82, 2.24) is 0 Å². The highest BCUT2D eigenvalue weighted by molar-refractivity contribution is 5.05. The summed E-state index contributed by atoms with van der Waals surface area (Å²) in [5.74, 6) is 0. The smallest absolute Gasteiger partial charge is 0.0744 e. The molecule has 0 aliphatic heterocycles. The Labute approximate surface area is 139 Å². The molecule has 0 fully saturated rings. The third kappa shape index (κ3) is 3.87. The third-order valence-corrected chi connectivity index (χ3v) is 5.81. The Morgan fingerprint density at radius 1 is 0.409 bits per heavy atom. The van der Waals surface area contributed by atoms with Crippen LogP contribution in [0.1, 0.15) is 95.9 Å². The summed E-state index contributed by atoms with van der Waals surface area (Å²) in [6.07, 6.45) is 1.18. The van der Waals surface area contributed by atoms with Crippen molar-refractivity contribution < 1.29 is 10.2 Å². The molecule has 2 nitrogen and oxygen atoms in total. The number of aliphatic hydroxyl groups is 2. The molecule has 0 rings (SSSR count). The minimum absolute atomic E-state index is 0.248. The zero-order valence-electron chi connectivity index (χ0n) is 17.3. The van der Waals surface area contributed by atoms with Crippen LogP contribution in [0.2, 0.25) is 0 Å². The fraction of sp³-hybridized carbons (Fsp3) is 1.00. The maximum atomic E-state index is 11.5. The zero-order valence-corrected chi connectivity index (χ0v) is 17.3. The summed E-state index contributed by atoms with van der Waals surface area (Å²) < 4.78 is 0. The fourth-order valence-corrected chi connectivity index (χ4v) is 4.11. The molecule has 0 aromatic rings. The topological polar surface area (TPSA) is 40.5 Å². The lowest BCUT2D eigenvalue weighted by molar-refractivity contribution is -0.184. The van der Waals surface area contributed by atoms with Crippen molar-refractivity contribution in [3.05, 3.63) is 0 Å². The Morgan fingerprint density at radius 3 is 0.636 bits per heavy atom. The van der Waals surface area contributed by atoms with Gasteiger partial charge >= 0.3 is 0 Å². The van der Waals surface area contributed by atoms with Crippen LogP contribution in [-0.2, 0) is 0 Å². The van der Waals surface area contributed by atoms with Gasteiger partial charge in [0, 0.05) is 0 Å². The van der Waals surface area contributed by atoms with Crippen LogP contribution >= 0.6 is 0 Å². The van der Waals surface area contributed by atoms with Gasteiger partial charge in [-0.2, -0.15) is 0 Å². The summed E-state index contributed by atoms with van der Waals surface area (Å²) in [7, 11) is 0. The molecule has 2 heteroatoms. The highest BCUT2D eigenvalue weighted by atomic mass is 16.3. The van der Waals surface area contributed by atoms with E-state index in [2.05, 4.69) is 83.1 Å². The summed E-state index contributed by atoms with van der Waals surface area (Å²) in [6, 6.07) is 0. The van der Waals surface area contributed by atoms with E-state index in [0.29, 0.717) is 12.8 Å². The Bertz CT molecular complexity index is 300. The van der Waals surface area contributed by atoms with Gasteiger partial charge < -0.3 is 10.2 Å². The molecule has 0 unspecified atom stereocenters. The Kier molecular flexibility index (Phi) is 5.75. The van der Waals surface area contributed by atoms with Crippen LogP contribution in [0, 0.1) is 21.7 Å². The van der Waals surface area contributed by atoms with Gasteiger partial charge in [0.15, 0.2) is 0 Å². The fourth-order valence-electron chi connectivity index (χ4n) is 4.11. The predicted molar refractivity (Wildman–Crippen MR) is 97.0 cm³/mol. The molecule has 0 spiro atoms. The van der Waals surface area contributed by atoms with Gasteiger partial charge in [-0.15, -0.1) is 0 Å². The second-order valence-corrected chi connectivity index (χ2v) is 11.2. The molecular formula is C20H42O2. The summed E-state index contributed by atoms with van der Waals surface area (Å²) in [5.41, 5.74) is -2.68. The van der Waals surface area contributed by atoms with Crippen LogP contribution in [0.15, 0.2) is 0 Å².